The highest BCUT2D eigenvalue weighted by atomic mass is 35.5. The predicted octanol–water partition coefficient (Wildman–Crippen LogP) is 5.06. The summed E-state index contributed by atoms with van der Waals surface area (Å²) in [6.45, 7) is 8.32. The molecule has 1 saturated heterocycles. The minimum Gasteiger partial charge on any atom is -0.488 e. The number of likely N-dealkylation sites (tertiary alicyclic amines) is 1. The third kappa shape index (κ3) is 4.04. The summed E-state index contributed by atoms with van der Waals surface area (Å²) in [5, 5.41) is 2.24. The minimum atomic E-state index is -0.510. The van der Waals surface area contributed by atoms with Gasteiger partial charge >= 0.3 is 6.09 Å². The smallest absolute Gasteiger partial charge is 0.410 e. The summed E-state index contributed by atoms with van der Waals surface area (Å²) in [5.41, 5.74) is -0.510. The number of aromatic nitrogens is 1. The molecule has 1 amide bonds. The molecule has 0 saturated carbocycles. The summed E-state index contributed by atoms with van der Waals surface area (Å²) in [4.78, 5) is 18.4. The number of halogens is 1. The molecular formula is C20H25ClN2O3. The van der Waals surface area contributed by atoms with Crippen molar-refractivity contribution in [2.75, 3.05) is 6.54 Å². The second kappa shape index (κ2) is 7.31. The number of rotatable bonds is 2. The molecule has 0 radical (unpaired) electrons. The third-order valence-corrected chi connectivity index (χ3v) is 4.84. The summed E-state index contributed by atoms with van der Waals surface area (Å²) in [7, 11) is 0. The largest absolute Gasteiger partial charge is 0.488 e. The average Bonchev–Trinajstić information content (AvgIpc) is 2.56. The lowest BCUT2D eigenvalue weighted by molar-refractivity contribution is -0.0116. The number of fused-ring (bicyclic) bond motifs is 1. The fourth-order valence-corrected chi connectivity index (χ4v) is 3.47. The molecule has 2 unspecified atom stereocenters. The van der Waals surface area contributed by atoms with Crippen molar-refractivity contribution in [3.8, 4) is 5.75 Å². The molecule has 3 rings (SSSR count). The molecule has 1 fully saturated rings. The van der Waals surface area contributed by atoms with Crippen LogP contribution in [0.2, 0.25) is 5.15 Å². The summed E-state index contributed by atoms with van der Waals surface area (Å²) in [6.07, 6.45) is 3.04. The molecule has 0 N–H and O–H groups in total. The summed E-state index contributed by atoms with van der Waals surface area (Å²) in [5.74, 6) is 0.759. The molecule has 2 aromatic rings. The quantitative estimate of drug-likeness (QED) is 0.688. The minimum absolute atomic E-state index is 0.0776. The van der Waals surface area contributed by atoms with Gasteiger partial charge in [0.2, 0.25) is 0 Å². The van der Waals surface area contributed by atoms with E-state index in [2.05, 4.69) is 4.98 Å². The number of carbonyl (C=O) groups excluding carboxylic acids is 1. The Bertz CT molecular complexity index is 803. The van der Waals surface area contributed by atoms with E-state index in [1.165, 1.54) is 0 Å². The van der Waals surface area contributed by atoms with Gasteiger partial charge in [-0.2, -0.15) is 0 Å². The van der Waals surface area contributed by atoms with E-state index < -0.39 is 5.60 Å². The number of hydrogen-bond donors (Lipinski definition) is 0. The van der Waals surface area contributed by atoms with Gasteiger partial charge in [-0.3, -0.25) is 0 Å². The number of hydrogen-bond acceptors (Lipinski definition) is 4. The van der Waals surface area contributed by atoms with Gasteiger partial charge in [0.05, 0.1) is 6.04 Å². The van der Waals surface area contributed by atoms with Crippen molar-refractivity contribution in [3.63, 3.8) is 0 Å². The van der Waals surface area contributed by atoms with E-state index in [0.717, 1.165) is 29.4 Å². The maximum atomic E-state index is 12.5. The first kappa shape index (κ1) is 18.8. The van der Waals surface area contributed by atoms with Gasteiger partial charge in [-0.25, -0.2) is 9.78 Å². The van der Waals surface area contributed by atoms with Gasteiger partial charge < -0.3 is 14.4 Å². The zero-order valence-corrected chi connectivity index (χ0v) is 16.4. The van der Waals surface area contributed by atoms with Crippen LogP contribution in [0, 0.1) is 0 Å². The Balaban J connectivity index is 1.80. The molecule has 26 heavy (non-hydrogen) atoms. The first-order chi connectivity index (χ1) is 12.3. The number of nitrogens with zero attached hydrogens (tertiary/aromatic N) is 2. The first-order valence-electron chi connectivity index (χ1n) is 8.96. The van der Waals surface area contributed by atoms with Gasteiger partial charge in [0.25, 0.3) is 0 Å². The van der Waals surface area contributed by atoms with E-state index in [-0.39, 0.29) is 18.2 Å². The van der Waals surface area contributed by atoms with Gasteiger partial charge in [0.15, 0.2) is 0 Å². The van der Waals surface area contributed by atoms with E-state index in [1.54, 1.807) is 11.1 Å². The second-order valence-corrected chi connectivity index (χ2v) is 8.02. The molecule has 0 aliphatic carbocycles. The molecule has 2 atom stereocenters. The van der Waals surface area contributed by atoms with Crippen molar-refractivity contribution >= 4 is 28.5 Å². The lowest BCUT2D eigenvalue weighted by atomic mass is 10.0. The zero-order valence-electron chi connectivity index (χ0n) is 15.7. The molecule has 0 spiro atoms. The van der Waals surface area contributed by atoms with Gasteiger partial charge in [-0.1, -0.05) is 23.7 Å². The first-order valence-corrected chi connectivity index (χ1v) is 9.33. The van der Waals surface area contributed by atoms with Crippen LogP contribution in [0.3, 0.4) is 0 Å². The fraction of sp³-hybridized carbons (Fsp3) is 0.500. The van der Waals surface area contributed by atoms with Gasteiger partial charge in [-0.15, -0.1) is 0 Å². The highest BCUT2D eigenvalue weighted by molar-refractivity contribution is 6.34. The Hall–Kier alpha value is -2.01. The molecule has 5 nitrogen and oxygen atoms in total. The Labute approximate surface area is 159 Å². The number of ether oxygens (including phenoxy) is 2. The lowest BCUT2D eigenvalue weighted by Crippen LogP contribution is -2.52. The van der Waals surface area contributed by atoms with Crippen LogP contribution in [0.4, 0.5) is 4.79 Å². The molecule has 2 heterocycles. The van der Waals surface area contributed by atoms with E-state index in [0.29, 0.717) is 11.7 Å². The van der Waals surface area contributed by atoms with E-state index >= 15 is 0 Å². The SMILES string of the molecule is CC1C(Oc2cccc3c(Cl)nccc23)CCCN1C(=O)OC(C)(C)C. The summed E-state index contributed by atoms with van der Waals surface area (Å²) in [6, 6.07) is 7.58. The maximum absolute atomic E-state index is 12.5. The molecule has 1 aliphatic heterocycles. The van der Waals surface area contributed by atoms with Crippen LogP contribution < -0.4 is 4.74 Å². The van der Waals surface area contributed by atoms with E-state index in [1.807, 2.05) is 52.0 Å². The van der Waals surface area contributed by atoms with Crippen LogP contribution in [0.5, 0.6) is 5.75 Å². The monoisotopic (exact) mass is 376 g/mol. The van der Waals surface area contributed by atoms with Crippen molar-refractivity contribution in [2.45, 2.75) is 58.3 Å². The molecule has 140 valence electrons. The normalized spacial score (nSPS) is 20.9. The maximum Gasteiger partial charge on any atom is 0.410 e. The van der Waals surface area contributed by atoms with Gasteiger partial charge in [-0.05, 0) is 52.7 Å². The summed E-state index contributed by atoms with van der Waals surface area (Å²) >= 11 is 6.19. The average molecular weight is 377 g/mol. The predicted molar refractivity (Wildman–Crippen MR) is 103 cm³/mol. The van der Waals surface area contributed by atoms with Crippen molar-refractivity contribution in [1.29, 1.82) is 0 Å². The van der Waals surface area contributed by atoms with E-state index in [4.69, 9.17) is 21.1 Å². The third-order valence-electron chi connectivity index (χ3n) is 4.54. The Morgan fingerprint density at radius 3 is 2.77 bits per heavy atom. The van der Waals surface area contributed by atoms with Gasteiger partial charge in [0.1, 0.15) is 22.6 Å². The zero-order chi connectivity index (χ0) is 18.9. The molecule has 1 aliphatic rings. The highest BCUT2D eigenvalue weighted by Crippen LogP contribution is 2.32. The Morgan fingerprint density at radius 1 is 1.27 bits per heavy atom. The number of pyridine rings is 1. The topological polar surface area (TPSA) is 51.7 Å². The number of carbonyl (C=O) groups is 1. The number of piperidine rings is 1. The van der Waals surface area contributed by atoms with Crippen LogP contribution in [0.25, 0.3) is 10.8 Å². The number of benzene rings is 1. The Morgan fingerprint density at radius 2 is 2.04 bits per heavy atom. The summed E-state index contributed by atoms with van der Waals surface area (Å²) < 4.78 is 11.8. The lowest BCUT2D eigenvalue weighted by Gasteiger charge is -2.39. The van der Waals surface area contributed by atoms with Crippen LogP contribution >= 0.6 is 11.6 Å². The highest BCUT2D eigenvalue weighted by Gasteiger charge is 2.35. The van der Waals surface area contributed by atoms with Crippen molar-refractivity contribution in [3.05, 3.63) is 35.6 Å². The van der Waals surface area contributed by atoms with Gasteiger partial charge in [0, 0.05) is 23.5 Å². The second-order valence-electron chi connectivity index (χ2n) is 7.67. The van der Waals surface area contributed by atoms with E-state index in [9.17, 15) is 4.79 Å². The Kier molecular flexibility index (Phi) is 5.28. The molecule has 0 bridgehead atoms. The van der Waals surface area contributed by atoms with Crippen molar-refractivity contribution < 1.29 is 14.3 Å². The van der Waals surface area contributed by atoms with Crippen LogP contribution in [0.1, 0.15) is 40.5 Å². The van der Waals surface area contributed by atoms with Crippen LogP contribution in [-0.2, 0) is 4.74 Å². The standard InChI is InChI=1S/C20H25ClN2O3/c1-13-16(9-6-12-23(13)19(24)26-20(2,3)4)25-17-8-5-7-15-14(17)10-11-22-18(15)21/h5,7-8,10-11,13,16H,6,9,12H2,1-4H3. The number of amides is 1. The molecular weight excluding hydrogens is 352 g/mol. The molecule has 6 heteroatoms. The van der Waals surface area contributed by atoms with Crippen LogP contribution in [-0.4, -0.2) is 40.3 Å². The molecule has 1 aromatic carbocycles. The molecule has 1 aromatic heterocycles. The fourth-order valence-electron chi connectivity index (χ4n) is 3.25. The van der Waals surface area contributed by atoms with Crippen molar-refractivity contribution in [1.82, 2.24) is 9.88 Å². The van der Waals surface area contributed by atoms with Crippen molar-refractivity contribution in [2.24, 2.45) is 0 Å². The van der Waals surface area contributed by atoms with Crippen LogP contribution in [0.15, 0.2) is 30.5 Å².